The second-order valence-electron chi connectivity index (χ2n) is 6.67. The van der Waals surface area contributed by atoms with Crippen molar-refractivity contribution in [3.63, 3.8) is 0 Å². The summed E-state index contributed by atoms with van der Waals surface area (Å²) in [6.07, 6.45) is 6.80. The standard InChI is InChI=1S/C21H27N3O4/c1-26-17-12-15(13-18(27-2)20(17)28-3)21(25)23-19-9-8-16(14-22-19)24-10-6-4-5-7-11-24/h8-9,12-14H,4-7,10-11H2,1-3H3,(H,22,23,25). The largest absolute Gasteiger partial charge is 0.493 e. The molecule has 0 unspecified atom stereocenters. The summed E-state index contributed by atoms with van der Waals surface area (Å²) in [7, 11) is 4.56. The van der Waals surface area contributed by atoms with Crippen LogP contribution in [0.4, 0.5) is 11.5 Å². The smallest absolute Gasteiger partial charge is 0.257 e. The number of nitrogens with one attached hydrogen (secondary N) is 1. The predicted molar refractivity (Wildman–Crippen MR) is 109 cm³/mol. The minimum atomic E-state index is -0.297. The summed E-state index contributed by atoms with van der Waals surface area (Å²) in [4.78, 5) is 19.4. The number of ether oxygens (including phenoxy) is 3. The van der Waals surface area contributed by atoms with Gasteiger partial charge in [0.25, 0.3) is 5.91 Å². The Morgan fingerprint density at radius 1 is 0.964 bits per heavy atom. The van der Waals surface area contributed by atoms with Gasteiger partial charge in [0.1, 0.15) is 5.82 Å². The van der Waals surface area contributed by atoms with Crippen molar-refractivity contribution in [2.24, 2.45) is 0 Å². The van der Waals surface area contributed by atoms with Gasteiger partial charge in [0.05, 0.1) is 33.2 Å². The average Bonchev–Trinajstić information content (AvgIpc) is 3.02. The molecular formula is C21H27N3O4. The van der Waals surface area contributed by atoms with E-state index < -0.39 is 0 Å². The fourth-order valence-electron chi connectivity index (χ4n) is 3.38. The number of carbonyl (C=O) groups excluding carboxylic acids is 1. The maximum atomic E-state index is 12.7. The van der Waals surface area contributed by atoms with Crippen LogP contribution in [0.25, 0.3) is 0 Å². The van der Waals surface area contributed by atoms with E-state index in [1.54, 1.807) is 12.1 Å². The van der Waals surface area contributed by atoms with Crippen molar-refractivity contribution in [2.75, 3.05) is 44.6 Å². The molecule has 1 aromatic heterocycles. The molecule has 0 radical (unpaired) electrons. The molecule has 1 aliphatic heterocycles. The number of hydrogen-bond acceptors (Lipinski definition) is 6. The number of benzene rings is 1. The van der Waals surface area contributed by atoms with Crippen molar-refractivity contribution in [2.45, 2.75) is 25.7 Å². The van der Waals surface area contributed by atoms with Crippen LogP contribution < -0.4 is 24.4 Å². The van der Waals surface area contributed by atoms with E-state index in [0.717, 1.165) is 18.8 Å². The maximum Gasteiger partial charge on any atom is 0.257 e. The van der Waals surface area contributed by atoms with E-state index in [1.165, 1.54) is 47.0 Å². The van der Waals surface area contributed by atoms with E-state index in [-0.39, 0.29) is 5.91 Å². The summed E-state index contributed by atoms with van der Waals surface area (Å²) in [6, 6.07) is 7.06. The van der Waals surface area contributed by atoms with E-state index >= 15 is 0 Å². The number of hydrogen-bond donors (Lipinski definition) is 1. The van der Waals surface area contributed by atoms with Gasteiger partial charge < -0.3 is 24.4 Å². The van der Waals surface area contributed by atoms with Crippen molar-refractivity contribution < 1.29 is 19.0 Å². The molecule has 28 heavy (non-hydrogen) atoms. The van der Waals surface area contributed by atoms with Crippen LogP contribution in [0.1, 0.15) is 36.0 Å². The zero-order valence-electron chi connectivity index (χ0n) is 16.7. The molecule has 0 atom stereocenters. The van der Waals surface area contributed by atoms with Gasteiger partial charge in [-0.25, -0.2) is 4.98 Å². The average molecular weight is 385 g/mol. The monoisotopic (exact) mass is 385 g/mol. The van der Waals surface area contributed by atoms with E-state index in [2.05, 4.69) is 15.2 Å². The maximum absolute atomic E-state index is 12.7. The fraction of sp³-hybridized carbons (Fsp3) is 0.429. The summed E-state index contributed by atoms with van der Waals surface area (Å²) < 4.78 is 15.9. The Morgan fingerprint density at radius 3 is 2.11 bits per heavy atom. The lowest BCUT2D eigenvalue weighted by atomic mass is 10.1. The molecule has 7 heteroatoms. The highest BCUT2D eigenvalue weighted by molar-refractivity contribution is 6.04. The van der Waals surface area contributed by atoms with Crippen molar-refractivity contribution in [1.29, 1.82) is 0 Å². The Bertz CT molecular complexity index is 775. The zero-order chi connectivity index (χ0) is 19.9. The van der Waals surface area contributed by atoms with E-state index in [9.17, 15) is 4.79 Å². The first-order valence-corrected chi connectivity index (χ1v) is 9.48. The molecule has 7 nitrogen and oxygen atoms in total. The van der Waals surface area contributed by atoms with Gasteiger partial charge in [-0.05, 0) is 37.1 Å². The van der Waals surface area contributed by atoms with Gasteiger partial charge in [-0.15, -0.1) is 0 Å². The number of carbonyl (C=O) groups is 1. The lowest BCUT2D eigenvalue weighted by molar-refractivity contribution is 0.102. The molecule has 1 N–H and O–H groups in total. The summed E-state index contributed by atoms with van der Waals surface area (Å²) in [5.74, 6) is 1.50. The SMILES string of the molecule is COc1cc(C(=O)Nc2ccc(N3CCCCCC3)cn2)cc(OC)c1OC. The van der Waals surface area contributed by atoms with Crippen LogP contribution in [-0.2, 0) is 0 Å². The Morgan fingerprint density at radius 2 is 1.61 bits per heavy atom. The first kappa shape index (κ1) is 19.8. The van der Waals surface area contributed by atoms with Crippen molar-refractivity contribution in [3.8, 4) is 17.2 Å². The van der Waals surface area contributed by atoms with Gasteiger partial charge in [-0.1, -0.05) is 12.8 Å². The third-order valence-electron chi connectivity index (χ3n) is 4.89. The van der Waals surface area contributed by atoms with Crippen molar-refractivity contribution in [1.82, 2.24) is 4.98 Å². The molecule has 0 bridgehead atoms. The molecule has 0 saturated carbocycles. The number of amides is 1. The third-order valence-corrected chi connectivity index (χ3v) is 4.89. The second-order valence-corrected chi connectivity index (χ2v) is 6.67. The van der Waals surface area contributed by atoms with E-state index in [4.69, 9.17) is 14.2 Å². The van der Waals surface area contributed by atoms with E-state index in [0.29, 0.717) is 28.6 Å². The number of pyridine rings is 1. The van der Waals surface area contributed by atoms with Gasteiger partial charge in [0.2, 0.25) is 5.75 Å². The number of methoxy groups -OCH3 is 3. The molecule has 2 aromatic rings. The van der Waals surface area contributed by atoms with Crippen LogP contribution in [-0.4, -0.2) is 45.3 Å². The lowest BCUT2D eigenvalue weighted by Crippen LogP contribution is -2.24. The Labute approximate surface area is 165 Å². The summed E-state index contributed by atoms with van der Waals surface area (Å²) in [5, 5.41) is 2.82. The Kier molecular flexibility index (Phi) is 6.57. The van der Waals surface area contributed by atoms with Crippen molar-refractivity contribution >= 4 is 17.4 Å². The molecule has 1 saturated heterocycles. The number of anilines is 2. The Balaban J connectivity index is 1.74. The highest BCUT2D eigenvalue weighted by Crippen LogP contribution is 2.38. The molecule has 1 aliphatic rings. The van der Waals surface area contributed by atoms with Crippen LogP contribution in [0.2, 0.25) is 0 Å². The molecule has 150 valence electrons. The molecule has 2 heterocycles. The van der Waals surface area contributed by atoms with Crippen LogP contribution in [0.5, 0.6) is 17.2 Å². The van der Waals surface area contributed by atoms with Crippen LogP contribution in [0, 0.1) is 0 Å². The second kappa shape index (κ2) is 9.30. The highest BCUT2D eigenvalue weighted by Gasteiger charge is 2.17. The van der Waals surface area contributed by atoms with Gasteiger partial charge in [-0.3, -0.25) is 4.79 Å². The zero-order valence-corrected chi connectivity index (χ0v) is 16.7. The lowest BCUT2D eigenvalue weighted by Gasteiger charge is -2.22. The molecular weight excluding hydrogens is 358 g/mol. The van der Waals surface area contributed by atoms with E-state index in [1.807, 2.05) is 18.3 Å². The minimum Gasteiger partial charge on any atom is -0.493 e. The summed E-state index contributed by atoms with van der Waals surface area (Å²) in [5.41, 5.74) is 1.49. The molecule has 0 spiro atoms. The first-order chi connectivity index (χ1) is 13.7. The summed E-state index contributed by atoms with van der Waals surface area (Å²) >= 11 is 0. The quantitative estimate of drug-likeness (QED) is 0.817. The first-order valence-electron chi connectivity index (χ1n) is 9.48. The molecule has 0 aliphatic carbocycles. The minimum absolute atomic E-state index is 0.297. The normalized spacial score (nSPS) is 14.2. The van der Waals surface area contributed by atoms with Crippen molar-refractivity contribution in [3.05, 3.63) is 36.0 Å². The van der Waals surface area contributed by atoms with Gasteiger partial charge in [0.15, 0.2) is 11.5 Å². The van der Waals surface area contributed by atoms with Gasteiger partial charge in [-0.2, -0.15) is 0 Å². The molecule has 1 aromatic carbocycles. The third kappa shape index (κ3) is 4.47. The van der Waals surface area contributed by atoms with Gasteiger partial charge >= 0.3 is 0 Å². The van der Waals surface area contributed by atoms with Crippen LogP contribution >= 0.6 is 0 Å². The highest BCUT2D eigenvalue weighted by atomic mass is 16.5. The topological polar surface area (TPSA) is 72.9 Å². The summed E-state index contributed by atoms with van der Waals surface area (Å²) in [6.45, 7) is 2.11. The molecule has 3 rings (SSSR count). The van der Waals surface area contributed by atoms with Gasteiger partial charge in [0, 0.05) is 18.7 Å². The number of nitrogens with zero attached hydrogens (tertiary/aromatic N) is 2. The number of rotatable bonds is 6. The molecule has 1 amide bonds. The van der Waals surface area contributed by atoms with Crippen LogP contribution in [0.15, 0.2) is 30.5 Å². The fourth-order valence-corrected chi connectivity index (χ4v) is 3.38. The number of aromatic nitrogens is 1. The predicted octanol–water partition coefficient (Wildman–Crippen LogP) is 3.74. The Hall–Kier alpha value is -2.96. The molecule has 1 fully saturated rings. The van der Waals surface area contributed by atoms with Crippen LogP contribution in [0.3, 0.4) is 0 Å².